The van der Waals surface area contributed by atoms with Crippen molar-refractivity contribution in [2.75, 3.05) is 37.4 Å². The molecule has 1 N–H and O–H groups in total. The second-order valence-electron chi connectivity index (χ2n) is 6.48. The zero-order valence-corrected chi connectivity index (χ0v) is 16.8. The van der Waals surface area contributed by atoms with Gasteiger partial charge in [-0.2, -0.15) is 0 Å². The van der Waals surface area contributed by atoms with Gasteiger partial charge in [-0.3, -0.25) is 9.10 Å². The summed E-state index contributed by atoms with van der Waals surface area (Å²) in [5, 5.41) is 2.68. The van der Waals surface area contributed by atoms with Crippen LogP contribution in [0.25, 0.3) is 0 Å². The van der Waals surface area contributed by atoms with Crippen molar-refractivity contribution in [3.63, 3.8) is 0 Å². The summed E-state index contributed by atoms with van der Waals surface area (Å²) in [6, 6.07) is 12.7. The van der Waals surface area contributed by atoms with E-state index in [-0.39, 0.29) is 24.6 Å². The Morgan fingerprint density at radius 3 is 2.61 bits per heavy atom. The third-order valence-corrected chi connectivity index (χ3v) is 6.45. The minimum atomic E-state index is -3.48. The Hall–Kier alpha value is -2.74. The standard InChI is InChI=1S/C20H24N2O5S/c1-26-18-8-7-15(13-19(18)27-2)14-20(23)21-10-12-28(24,25)22-11-9-16-5-3-4-6-17(16)22/h3-8,13H,9-12,14H2,1-2H3,(H,21,23). The van der Waals surface area contributed by atoms with Crippen LogP contribution in [-0.4, -0.2) is 47.4 Å². The Morgan fingerprint density at radius 1 is 1.11 bits per heavy atom. The number of benzene rings is 2. The monoisotopic (exact) mass is 404 g/mol. The first kappa shape index (κ1) is 20.0. The van der Waals surface area contributed by atoms with Gasteiger partial charge in [-0.1, -0.05) is 24.3 Å². The van der Waals surface area contributed by atoms with Crippen molar-refractivity contribution in [1.29, 1.82) is 0 Å². The van der Waals surface area contributed by atoms with Crippen molar-refractivity contribution in [2.45, 2.75) is 12.8 Å². The second-order valence-corrected chi connectivity index (χ2v) is 8.50. The van der Waals surface area contributed by atoms with Gasteiger partial charge in [0.25, 0.3) is 0 Å². The highest BCUT2D eigenvalue weighted by atomic mass is 32.2. The molecule has 0 unspecified atom stereocenters. The summed E-state index contributed by atoms with van der Waals surface area (Å²) in [6.07, 6.45) is 0.841. The molecule has 0 spiro atoms. The highest BCUT2D eigenvalue weighted by molar-refractivity contribution is 7.92. The quantitative estimate of drug-likeness (QED) is 0.725. The molecule has 0 bridgehead atoms. The summed E-state index contributed by atoms with van der Waals surface area (Å²) < 4.78 is 37.1. The number of ether oxygens (including phenoxy) is 2. The van der Waals surface area contributed by atoms with E-state index in [1.54, 1.807) is 25.3 Å². The fourth-order valence-corrected chi connectivity index (χ4v) is 4.69. The summed E-state index contributed by atoms with van der Waals surface area (Å²) >= 11 is 0. The van der Waals surface area contributed by atoms with Gasteiger partial charge in [0, 0.05) is 13.1 Å². The van der Waals surface area contributed by atoms with Crippen molar-refractivity contribution in [2.24, 2.45) is 0 Å². The van der Waals surface area contributed by atoms with E-state index < -0.39 is 10.0 Å². The predicted molar refractivity (Wildman–Crippen MR) is 108 cm³/mol. The largest absolute Gasteiger partial charge is 0.493 e. The van der Waals surface area contributed by atoms with Crippen LogP contribution in [0.1, 0.15) is 11.1 Å². The van der Waals surface area contributed by atoms with Gasteiger partial charge in [-0.15, -0.1) is 0 Å². The lowest BCUT2D eigenvalue weighted by Gasteiger charge is -2.19. The number of nitrogens with zero attached hydrogens (tertiary/aromatic N) is 1. The Balaban J connectivity index is 1.54. The molecule has 0 saturated carbocycles. The lowest BCUT2D eigenvalue weighted by atomic mass is 10.1. The predicted octanol–water partition coefficient (Wildman–Crippen LogP) is 1.75. The third kappa shape index (κ3) is 4.39. The molecule has 1 aliphatic heterocycles. The van der Waals surface area contributed by atoms with E-state index in [2.05, 4.69) is 5.32 Å². The van der Waals surface area contributed by atoms with E-state index in [1.807, 2.05) is 24.3 Å². The van der Waals surface area contributed by atoms with Crippen molar-refractivity contribution in [1.82, 2.24) is 5.32 Å². The average molecular weight is 404 g/mol. The molecule has 0 radical (unpaired) electrons. The molecule has 2 aromatic rings. The minimum Gasteiger partial charge on any atom is -0.493 e. The number of amides is 1. The summed E-state index contributed by atoms with van der Waals surface area (Å²) in [7, 11) is -0.404. The normalized spacial score (nSPS) is 13.1. The molecule has 0 aliphatic carbocycles. The number of anilines is 1. The lowest BCUT2D eigenvalue weighted by Crippen LogP contribution is -2.37. The Bertz CT molecular complexity index is 959. The molecule has 0 aromatic heterocycles. The van der Waals surface area contributed by atoms with Crippen molar-refractivity contribution in [3.05, 3.63) is 53.6 Å². The van der Waals surface area contributed by atoms with Crippen LogP contribution in [0.5, 0.6) is 11.5 Å². The van der Waals surface area contributed by atoms with Gasteiger partial charge in [-0.05, 0) is 35.7 Å². The van der Waals surface area contributed by atoms with Gasteiger partial charge >= 0.3 is 0 Å². The zero-order chi connectivity index (χ0) is 20.1. The van der Waals surface area contributed by atoms with Crippen molar-refractivity contribution >= 4 is 21.6 Å². The van der Waals surface area contributed by atoms with Gasteiger partial charge in [0.1, 0.15) is 0 Å². The molecule has 0 fully saturated rings. The van der Waals surface area contributed by atoms with E-state index in [0.29, 0.717) is 24.5 Å². The SMILES string of the molecule is COc1ccc(CC(=O)NCCS(=O)(=O)N2CCc3ccccc32)cc1OC. The molecule has 0 saturated heterocycles. The zero-order valence-electron chi connectivity index (χ0n) is 16.0. The maximum atomic E-state index is 12.6. The summed E-state index contributed by atoms with van der Waals surface area (Å²) in [5.74, 6) is 0.745. The van der Waals surface area contributed by atoms with Crippen LogP contribution in [0.2, 0.25) is 0 Å². The molecular weight excluding hydrogens is 380 g/mol. The molecule has 1 amide bonds. The number of hydrogen-bond donors (Lipinski definition) is 1. The molecule has 8 heteroatoms. The van der Waals surface area contributed by atoms with Crippen molar-refractivity contribution in [3.8, 4) is 11.5 Å². The molecule has 28 heavy (non-hydrogen) atoms. The molecule has 0 atom stereocenters. The Kier molecular flexibility index (Phi) is 6.08. The topological polar surface area (TPSA) is 84.9 Å². The van der Waals surface area contributed by atoms with Crippen LogP contribution in [0.4, 0.5) is 5.69 Å². The van der Waals surface area contributed by atoms with Gasteiger partial charge in [0.2, 0.25) is 15.9 Å². The lowest BCUT2D eigenvalue weighted by molar-refractivity contribution is -0.120. The maximum Gasteiger partial charge on any atom is 0.236 e. The number of carbonyl (C=O) groups excluding carboxylic acids is 1. The van der Waals surface area contributed by atoms with Crippen LogP contribution in [0, 0.1) is 0 Å². The van der Waals surface area contributed by atoms with E-state index in [4.69, 9.17) is 9.47 Å². The van der Waals surface area contributed by atoms with Gasteiger partial charge in [0.05, 0.1) is 32.1 Å². The van der Waals surface area contributed by atoms with Gasteiger partial charge < -0.3 is 14.8 Å². The second kappa shape index (κ2) is 8.52. The Morgan fingerprint density at radius 2 is 1.86 bits per heavy atom. The number of sulfonamides is 1. The summed E-state index contributed by atoms with van der Waals surface area (Å²) in [6.45, 7) is 0.508. The number of para-hydroxylation sites is 1. The smallest absolute Gasteiger partial charge is 0.236 e. The molecule has 1 heterocycles. The maximum absolute atomic E-state index is 12.6. The first-order valence-electron chi connectivity index (χ1n) is 9.00. The molecule has 2 aromatic carbocycles. The Labute approximate surface area is 165 Å². The highest BCUT2D eigenvalue weighted by Crippen LogP contribution is 2.30. The van der Waals surface area contributed by atoms with Gasteiger partial charge in [-0.25, -0.2) is 8.42 Å². The van der Waals surface area contributed by atoms with Crippen LogP contribution in [0.3, 0.4) is 0 Å². The number of hydrogen-bond acceptors (Lipinski definition) is 5. The number of carbonyl (C=O) groups is 1. The third-order valence-electron chi connectivity index (χ3n) is 4.68. The first-order valence-corrected chi connectivity index (χ1v) is 10.6. The number of fused-ring (bicyclic) bond motifs is 1. The fourth-order valence-electron chi connectivity index (χ4n) is 3.27. The summed E-state index contributed by atoms with van der Waals surface area (Å²) in [4.78, 5) is 12.2. The van der Waals surface area contributed by atoms with E-state index >= 15 is 0 Å². The van der Waals surface area contributed by atoms with Crippen LogP contribution in [0.15, 0.2) is 42.5 Å². The van der Waals surface area contributed by atoms with E-state index in [1.165, 1.54) is 11.4 Å². The van der Waals surface area contributed by atoms with Gasteiger partial charge in [0.15, 0.2) is 11.5 Å². The van der Waals surface area contributed by atoms with E-state index in [0.717, 1.165) is 16.8 Å². The van der Waals surface area contributed by atoms with E-state index in [9.17, 15) is 13.2 Å². The number of rotatable bonds is 8. The van der Waals surface area contributed by atoms with Crippen molar-refractivity contribution < 1.29 is 22.7 Å². The van der Waals surface area contributed by atoms with Crippen LogP contribution >= 0.6 is 0 Å². The first-order chi connectivity index (χ1) is 13.4. The number of methoxy groups -OCH3 is 2. The molecule has 7 nitrogen and oxygen atoms in total. The molecule has 1 aliphatic rings. The molecular formula is C20H24N2O5S. The molecule has 150 valence electrons. The summed E-state index contributed by atoms with van der Waals surface area (Å²) in [5.41, 5.74) is 2.52. The van der Waals surface area contributed by atoms with Crippen LogP contribution in [-0.2, 0) is 27.7 Å². The fraction of sp³-hybridized carbons (Fsp3) is 0.350. The number of nitrogens with one attached hydrogen (secondary N) is 1. The highest BCUT2D eigenvalue weighted by Gasteiger charge is 2.28. The van der Waals surface area contributed by atoms with Crippen LogP contribution < -0.4 is 19.1 Å². The minimum absolute atomic E-state index is 0.0626. The molecule has 3 rings (SSSR count). The average Bonchev–Trinajstić information content (AvgIpc) is 3.12.